The quantitative estimate of drug-likeness (QED) is 0.941. The minimum absolute atomic E-state index is 0.665. The Kier molecular flexibility index (Phi) is 3.38. The van der Waals surface area contributed by atoms with Gasteiger partial charge in [-0.2, -0.15) is 0 Å². The van der Waals surface area contributed by atoms with Crippen molar-refractivity contribution in [1.29, 1.82) is 0 Å². The number of benzene rings is 1. The Morgan fingerprint density at radius 1 is 1.47 bits per heavy atom. The lowest BCUT2D eigenvalue weighted by Crippen LogP contribution is -2.01. The SMILES string of the molecule is CCc1cc(Br)c2nc(CCN)sc2c1. The van der Waals surface area contributed by atoms with E-state index in [2.05, 4.69) is 40.0 Å². The molecule has 2 rings (SSSR count). The Labute approximate surface area is 102 Å². The molecule has 0 saturated heterocycles. The van der Waals surface area contributed by atoms with Crippen LogP contribution in [0.2, 0.25) is 0 Å². The first-order chi connectivity index (χ1) is 7.24. The second kappa shape index (κ2) is 4.60. The fourth-order valence-electron chi connectivity index (χ4n) is 1.52. The largest absolute Gasteiger partial charge is 0.330 e. The molecule has 0 atom stereocenters. The standard InChI is InChI=1S/C11H13BrN2S/c1-2-7-5-8(12)11-9(6-7)15-10(14-11)3-4-13/h5-6H,2-4,13H2,1H3. The zero-order valence-corrected chi connectivity index (χ0v) is 11.0. The van der Waals surface area contributed by atoms with E-state index in [0.29, 0.717) is 6.54 Å². The van der Waals surface area contributed by atoms with Crippen molar-refractivity contribution in [2.24, 2.45) is 5.73 Å². The number of hydrogen-bond donors (Lipinski definition) is 1. The van der Waals surface area contributed by atoms with E-state index in [0.717, 1.165) is 27.8 Å². The monoisotopic (exact) mass is 284 g/mol. The minimum atomic E-state index is 0.665. The van der Waals surface area contributed by atoms with Crippen LogP contribution in [0.5, 0.6) is 0 Å². The highest BCUT2D eigenvalue weighted by Crippen LogP contribution is 2.30. The molecule has 0 fully saturated rings. The zero-order valence-electron chi connectivity index (χ0n) is 8.59. The second-order valence-corrected chi connectivity index (χ2v) is 5.39. The van der Waals surface area contributed by atoms with Gasteiger partial charge in [-0.05, 0) is 46.6 Å². The number of nitrogens with zero attached hydrogens (tertiary/aromatic N) is 1. The molecule has 2 aromatic rings. The molecule has 0 aliphatic rings. The molecule has 1 aromatic heterocycles. The van der Waals surface area contributed by atoms with Crippen LogP contribution >= 0.6 is 27.3 Å². The van der Waals surface area contributed by atoms with Gasteiger partial charge in [-0.1, -0.05) is 6.92 Å². The smallest absolute Gasteiger partial charge is 0.0957 e. The lowest BCUT2D eigenvalue weighted by molar-refractivity contribution is 0.957. The van der Waals surface area contributed by atoms with E-state index in [1.54, 1.807) is 11.3 Å². The van der Waals surface area contributed by atoms with Crippen molar-refractivity contribution in [3.63, 3.8) is 0 Å². The Hall–Kier alpha value is -0.450. The van der Waals surface area contributed by atoms with Gasteiger partial charge >= 0.3 is 0 Å². The van der Waals surface area contributed by atoms with E-state index >= 15 is 0 Å². The van der Waals surface area contributed by atoms with Crippen LogP contribution in [0.4, 0.5) is 0 Å². The van der Waals surface area contributed by atoms with Crippen LogP contribution in [0, 0.1) is 0 Å². The second-order valence-electron chi connectivity index (χ2n) is 3.42. The average molecular weight is 285 g/mol. The molecule has 0 unspecified atom stereocenters. The van der Waals surface area contributed by atoms with Crippen LogP contribution in [-0.2, 0) is 12.8 Å². The summed E-state index contributed by atoms with van der Waals surface area (Å²) >= 11 is 5.31. The van der Waals surface area contributed by atoms with Gasteiger partial charge in [-0.25, -0.2) is 4.98 Å². The third kappa shape index (κ3) is 2.22. The molecule has 80 valence electrons. The van der Waals surface area contributed by atoms with Gasteiger partial charge in [-0.3, -0.25) is 0 Å². The van der Waals surface area contributed by atoms with Crippen molar-refractivity contribution in [1.82, 2.24) is 4.98 Å². The van der Waals surface area contributed by atoms with Crippen molar-refractivity contribution < 1.29 is 0 Å². The number of aromatic nitrogens is 1. The van der Waals surface area contributed by atoms with Gasteiger partial charge in [-0.15, -0.1) is 11.3 Å². The predicted octanol–water partition coefficient (Wildman–Crippen LogP) is 3.12. The third-order valence-corrected chi connectivity index (χ3v) is 3.99. The van der Waals surface area contributed by atoms with E-state index in [1.807, 2.05) is 0 Å². The Morgan fingerprint density at radius 3 is 2.93 bits per heavy atom. The summed E-state index contributed by atoms with van der Waals surface area (Å²) in [4.78, 5) is 4.57. The lowest BCUT2D eigenvalue weighted by Gasteiger charge is -1.97. The summed E-state index contributed by atoms with van der Waals surface area (Å²) in [7, 11) is 0. The maximum Gasteiger partial charge on any atom is 0.0957 e. The van der Waals surface area contributed by atoms with E-state index in [1.165, 1.54) is 10.3 Å². The first-order valence-electron chi connectivity index (χ1n) is 5.02. The number of thiazole rings is 1. The summed E-state index contributed by atoms with van der Waals surface area (Å²) in [5.41, 5.74) is 7.95. The Balaban J connectivity index is 2.54. The predicted molar refractivity (Wildman–Crippen MR) is 69.5 cm³/mol. The fourth-order valence-corrected chi connectivity index (χ4v) is 3.32. The molecule has 0 aliphatic heterocycles. The van der Waals surface area contributed by atoms with E-state index in [4.69, 9.17) is 5.73 Å². The number of rotatable bonds is 3. The number of halogens is 1. The summed E-state index contributed by atoms with van der Waals surface area (Å²) in [6.07, 6.45) is 1.92. The van der Waals surface area contributed by atoms with Crippen LogP contribution in [0.1, 0.15) is 17.5 Å². The van der Waals surface area contributed by atoms with E-state index in [-0.39, 0.29) is 0 Å². The number of aryl methyl sites for hydroxylation is 1. The van der Waals surface area contributed by atoms with Crippen LogP contribution in [-0.4, -0.2) is 11.5 Å². The Bertz CT molecular complexity index is 479. The highest BCUT2D eigenvalue weighted by Gasteiger charge is 2.07. The number of nitrogens with two attached hydrogens (primary N) is 1. The van der Waals surface area contributed by atoms with Gasteiger partial charge in [0.05, 0.1) is 15.2 Å². The Morgan fingerprint density at radius 2 is 2.27 bits per heavy atom. The average Bonchev–Trinajstić information content (AvgIpc) is 2.61. The molecule has 1 heterocycles. The summed E-state index contributed by atoms with van der Waals surface area (Å²) < 4.78 is 2.35. The zero-order chi connectivity index (χ0) is 10.8. The van der Waals surface area contributed by atoms with Crippen molar-refractivity contribution in [2.75, 3.05) is 6.54 Å². The van der Waals surface area contributed by atoms with Gasteiger partial charge in [0.2, 0.25) is 0 Å². The van der Waals surface area contributed by atoms with Gasteiger partial charge in [0.1, 0.15) is 0 Å². The van der Waals surface area contributed by atoms with Crippen molar-refractivity contribution in [2.45, 2.75) is 19.8 Å². The molecule has 2 N–H and O–H groups in total. The number of fused-ring (bicyclic) bond motifs is 1. The molecule has 0 aliphatic carbocycles. The summed E-state index contributed by atoms with van der Waals surface area (Å²) in [6, 6.07) is 4.37. The summed E-state index contributed by atoms with van der Waals surface area (Å²) in [5.74, 6) is 0. The van der Waals surface area contributed by atoms with Gasteiger partial charge in [0, 0.05) is 10.9 Å². The molecular formula is C11H13BrN2S. The van der Waals surface area contributed by atoms with Crippen molar-refractivity contribution >= 4 is 37.5 Å². The molecule has 0 bridgehead atoms. The fraction of sp³-hybridized carbons (Fsp3) is 0.364. The molecule has 2 nitrogen and oxygen atoms in total. The number of hydrogen-bond acceptors (Lipinski definition) is 3. The highest BCUT2D eigenvalue weighted by molar-refractivity contribution is 9.10. The maximum absolute atomic E-state index is 5.53. The molecule has 4 heteroatoms. The first kappa shape index (κ1) is 11.0. The van der Waals surface area contributed by atoms with Crippen LogP contribution in [0.15, 0.2) is 16.6 Å². The molecule has 0 saturated carbocycles. The summed E-state index contributed by atoms with van der Waals surface area (Å²) in [5, 5.41) is 1.13. The first-order valence-corrected chi connectivity index (χ1v) is 6.63. The maximum atomic E-state index is 5.53. The van der Waals surface area contributed by atoms with Gasteiger partial charge < -0.3 is 5.73 Å². The van der Waals surface area contributed by atoms with Crippen molar-refractivity contribution in [3.8, 4) is 0 Å². The highest BCUT2D eigenvalue weighted by atomic mass is 79.9. The molecule has 0 amide bonds. The third-order valence-electron chi connectivity index (χ3n) is 2.32. The topological polar surface area (TPSA) is 38.9 Å². The van der Waals surface area contributed by atoms with Gasteiger partial charge in [0.25, 0.3) is 0 Å². The molecular weight excluding hydrogens is 272 g/mol. The van der Waals surface area contributed by atoms with Crippen LogP contribution < -0.4 is 5.73 Å². The van der Waals surface area contributed by atoms with Gasteiger partial charge in [0.15, 0.2) is 0 Å². The van der Waals surface area contributed by atoms with E-state index < -0.39 is 0 Å². The normalized spacial score (nSPS) is 11.1. The van der Waals surface area contributed by atoms with Crippen LogP contribution in [0.25, 0.3) is 10.2 Å². The molecule has 15 heavy (non-hydrogen) atoms. The minimum Gasteiger partial charge on any atom is -0.330 e. The van der Waals surface area contributed by atoms with Crippen molar-refractivity contribution in [3.05, 3.63) is 27.2 Å². The van der Waals surface area contributed by atoms with E-state index in [9.17, 15) is 0 Å². The molecule has 1 aromatic carbocycles. The summed E-state index contributed by atoms with van der Waals surface area (Å²) in [6.45, 7) is 2.83. The van der Waals surface area contributed by atoms with Crippen LogP contribution in [0.3, 0.4) is 0 Å². The molecule has 0 spiro atoms. The molecule has 0 radical (unpaired) electrons. The lowest BCUT2D eigenvalue weighted by atomic mass is 10.2.